The van der Waals surface area contributed by atoms with Crippen molar-refractivity contribution in [3.8, 4) is 0 Å². The van der Waals surface area contributed by atoms with Gasteiger partial charge < -0.3 is 5.73 Å². The van der Waals surface area contributed by atoms with Crippen molar-refractivity contribution in [2.24, 2.45) is 5.73 Å². The van der Waals surface area contributed by atoms with Crippen molar-refractivity contribution >= 4 is 27.9 Å². The normalized spacial score (nSPS) is 10.6. The van der Waals surface area contributed by atoms with Crippen LogP contribution in [0.5, 0.6) is 0 Å². The number of carbonyl (C=O) groups is 1. The molecule has 2 N–H and O–H groups in total. The summed E-state index contributed by atoms with van der Waals surface area (Å²) in [5.41, 5.74) is 7.10. The fraction of sp³-hybridized carbons (Fsp3) is 0.100. The second-order valence-corrected chi connectivity index (χ2v) is 3.65. The van der Waals surface area contributed by atoms with E-state index in [1.54, 1.807) is 6.08 Å². The van der Waals surface area contributed by atoms with Crippen LogP contribution in [0.4, 0.5) is 0 Å². The molecule has 0 unspecified atom stereocenters. The van der Waals surface area contributed by atoms with Crippen LogP contribution >= 0.6 is 15.9 Å². The first kappa shape index (κ1) is 9.99. The Balaban J connectivity index is 3.00. The molecule has 0 aliphatic carbocycles. The zero-order valence-corrected chi connectivity index (χ0v) is 8.84. The second-order valence-electron chi connectivity index (χ2n) is 2.74. The van der Waals surface area contributed by atoms with Gasteiger partial charge in [0.15, 0.2) is 0 Å². The van der Waals surface area contributed by atoms with Gasteiger partial charge in [-0.05, 0) is 36.3 Å². The highest BCUT2D eigenvalue weighted by Crippen LogP contribution is 2.16. The predicted molar refractivity (Wildman–Crippen MR) is 57.1 cm³/mol. The topological polar surface area (TPSA) is 43.1 Å². The minimum atomic E-state index is -0.431. The van der Waals surface area contributed by atoms with Crippen molar-refractivity contribution in [3.05, 3.63) is 39.9 Å². The van der Waals surface area contributed by atoms with Gasteiger partial charge in [-0.3, -0.25) is 4.79 Å². The van der Waals surface area contributed by atoms with E-state index >= 15 is 0 Å². The third-order valence-electron chi connectivity index (χ3n) is 1.67. The highest BCUT2D eigenvalue weighted by atomic mass is 79.9. The molecular weight excluding hydrogens is 230 g/mol. The molecule has 0 saturated heterocycles. The van der Waals surface area contributed by atoms with Crippen LogP contribution in [0.1, 0.15) is 11.1 Å². The fourth-order valence-electron chi connectivity index (χ4n) is 0.963. The Morgan fingerprint density at radius 3 is 2.85 bits per heavy atom. The van der Waals surface area contributed by atoms with E-state index in [4.69, 9.17) is 5.73 Å². The number of aryl methyl sites for hydroxylation is 1. The minimum Gasteiger partial charge on any atom is -0.366 e. The Kier molecular flexibility index (Phi) is 3.25. The van der Waals surface area contributed by atoms with Crippen LogP contribution in [0, 0.1) is 6.92 Å². The zero-order chi connectivity index (χ0) is 9.84. The van der Waals surface area contributed by atoms with Crippen LogP contribution < -0.4 is 5.73 Å². The number of hydrogen-bond donors (Lipinski definition) is 1. The van der Waals surface area contributed by atoms with Crippen molar-refractivity contribution in [2.75, 3.05) is 0 Å². The maximum absolute atomic E-state index is 10.5. The molecule has 0 atom stereocenters. The van der Waals surface area contributed by atoms with Gasteiger partial charge in [-0.1, -0.05) is 22.0 Å². The molecule has 1 aromatic rings. The van der Waals surface area contributed by atoms with E-state index in [1.807, 2.05) is 25.1 Å². The van der Waals surface area contributed by atoms with Gasteiger partial charge in [-0.2, -0.15) is 0 Å². The molecular formula is C10H10BrNO. The molecule has 1 rings (SSSR count). The van der Waals surface area contributed by atoms with Crippen molar-refractivity contribution in [1.82, 2.24) is 0 Å². The SMILES string of the molecule is Cc1ccc(Br)cc1C=CC(N)=O. The quantitative estimate of drug-likeness (QED) is 0.791. The van der Waals surface area contributed by atoms with Crippen LogP contribution in [-0.2, 0) is 4.79 Å². The highest BCUT2D eigenvalue weighted by molar-refractivity contribution is 9.10. The monoisotopic (exact) mass is 239 g/mol. The van der Waals surface area contributed by atoms with E-state index in [9.17, 15) is 4.79 Å². The summed E-state index contributed by atoms with van der Waals surface area (Å²) in [6.07, 6.45) is 3.07. The van der Waals surface area contributed by atoms with Crippen molar-refractivity contribution in [1.29, 1.82) is 0 Å². The summed E-state index contributed by atoms with van der Waals surface area (Å²) < 4.78 is 0.988. The van der Waals surface area contributed by atoms with Gasteiger partial charge >= 0.3 is 0 Å². The molecule has 0 aromatic heterocycles. The highest BCUT2D eigenvalue weighted by Gasteiger charge is 1.95. The van der Waals surface area contributed by atoms with Gasteiger partial charge in [0, 0.05) is 10.5 Å². The smallest absolute Gasteiger partial charge is 0.241 e. The van der Waals surface area contributed by atoms with Crippen LogP contribution in [0.2, 0.25) is 0 Å². The molecule has 2 nitrogen and oxygen atoms in total. The van der Waals surface area contributed by atoms with Crippen LogP contribution in [0.25, 0.3) is 6.08 Å². The molecule has 0 saturated carbocycles. The first-order valence-corrected chi connectivity index (χ1v) is 4.62. The van der Waals surface area contributed by atoms with E-state index in [1.165, 1.54) is 6.08 Å². The summed E-state index contributed by atoms with van der Waals surface area (Å²) in [5.74, 6) is -0.431. The molecule has 1 aromatic carbocycles. The molecule has 0 aliphatic heterocycles. The van der Waals surface area contributed by atoms with E-state index < -0.39 is 5.91 Å². The number of rotatable bonds is 2. The summed E-state index contributed by atoms with van der Waals surface area (Å²) in [6.45, 7) is 1.98. The first-order valence-electron chi connectivity index (χ1n) is 3.83. The Hall–Kier alpha value is -1.09. The molecule has 0 bridgehead atoms. The zero-order valence-electron chi connectivity index (χ0n) is 7.25. The molecule has 0 heterocycles. The van der Waals surface area contributed by atoms with Crippen LogP contribution in [-0.4, -0.2) is 5.91 Å². The lowest BCUT2D eigenvalue weighted by Crippen LogP contribution is -2.05. The molecule has 0 fully saturated rings. The third kappa shape index (κ3) is 3.03. The maximum Gasteiger partial charge on any atom is 0.241 e. The van der Waals surface area contributed by atoms with E-state index in [0.717, 1.165) is 15.6 Å². The number of nitrogens with two attached hydrogens (primary N) is 1. The summed E-state index contributed by atoms with van der Waals surface area (Å²) in [6, 6.07) is 5.87. The Bertz CT molecular complexity index is 358. The van der Waals surface area contributed by atoms with Gasteiger partial charge in [0.1, 0.15) is 0 Å². The van der Waals surface area contributed by atoms with Gasteiger partial charge in [0.25, 0.3) is 0 Å². The lowest BCUT2D eigenvalue weighted by atomic mass is 10.1. The van der Waals surface area contributed by atoms with Crippen LogP contribution in [0.3, 0.4) is 0 Å². The molecule has 68 valence electrons. The van der Waals surface area contributed by atoms with Crippen LogP contribution in [0.15, 0.2) is 28.7 Å². The van der Waals surface area contributed by atoms with E-state index in [0.29, 0.717) is 0 Å². The largest absolute Gasteiger partial charge is 0.366 e. The van der Waals surface area contributed by atoms with Gasteiger partial charge in [-0.15, -0.1) is 0 Å². The fourth-order valence-corrected chi connectivity index (χ4v) is 1.34. The van der Waals surface area contributed by atoms with Gasteiger partial charge in [0.2, 0.25) is 5.91 Å². The molecule has 1 amide bonds. The number of halogens is 1. The lowest BCUT2D eigenvalue weighted by Gasteiger charge is -1.99. The average molecular weight is 240 g/mol. The summed E-state index contributed by atoms with van der Waals surface area (Å²) in [4.78, 5) is 10.5. The summed E-state index contributed by atoms with van der Waals surface area (Å²) in [7, 11) is 0. The average Bonchev–Trinajstić information content (AvgIpc) is 2.06. The summed E-state index contributed by atoms with van der Waals surface area (Å²) >= 11 is 3.35. The summed E-state index contributed by atoms with van der Waals surface area (Å²) in [5, 5.41) is 0. The van der Waals surface area contributed by atoms with Gasteiger partial charge in [-0.25, -0.2) is 0 Å². The molecule has 0 spiro atoms. The maximum atomic E-state index is 10.5. The molecule has 3 heteroatoms. The Morgan fingerprint density at radius 1 is 1.54 bits per heavy atom. The lowest BCUT2D eigenvalue weighted by molar-refractivity contribution is -0.113. The molecule has 0 radical (unpaired) electrons. The standard InChI is InChI=1S/C10H10BrNO/c1-7-2-4-9(11)6-8(7)3-5-10(12)13/h2-6H,1H3,(H2,12,13). The number of hydrogen-bond acceptors (Lipinski definition) is 1. The van der Waals surface area contributed by atoms with Crippen molar-refractivity contribution in [2.45, 2.75) is 6.92 Å². The van der Waals surface area contributed by atoms with E-state index in [2.05, 4.69) is 15.9 Å². The Labute approximate surface area is 85.6 Å². The third-order valence-corrected chi connectivity index (χ3v) is 2.16. The van der Waals surface area contributed by atoms with E-state index in [-0.39, 0.29) is 0 Å². The molecule has 0 aliphatic rings. The van der Waals surface area contributed by atoms with Crippen molar-refractivity contribution in [3.63, 3.8) is 0 Å². The van der Waals surface area contributed by atoms with Gasteiger partial charge in [0.05, 0.1) is 0 Å². The number of carbonyl (C=O) groups excluding carboxylic acids is 1. The number of amides is 1. The first-order chi connectivity index (χ1) is 6.09. The number of benzene rings is 1. The molecule has 13 heavy (non-hydrogen) atoms. The Morgan fingerprint density at radius 2 is 2.23 bits per heavy atom. The number of primary amides is 1. The predicted octanol–water partition coefficient (Wildman–Crippen LogP) is 2.26. The van der Waals surface area contributed by atoms with Crippen molar-refractivity contribution < 1.29 is 4.79 Å². The minimum absolute atomic E-state index is 0.431. The second kappa shape index (κ2) is 4.23.